The van der Waals surface area contributed by atoms with Gasteiger partial charge < -0.3 is 9.84 Å². The van der Waals surface area contributed by atoms with Gasteiger partial charge in [-0.2, -0.15) is 0 Å². The highest BCUT2D eigenvalue weighted by Crippen LogP contribution is 2.22. The van der Waals surface area contributed by atoms with Crippen molar-refractivity contribution in [2.24, 2.45) is 0 Å². The maximum atomic E-state index is 10.2. The summed E-state index contributed by atoms with van der Waals surface area (Å²) in [7, 11) is 0. The number of β-amino-alcohol motifs (C(OH)–C–C–N with tert-alkyl or cyclic N) is 1. The molecule has 112 valence electrons. The second kappa shape index (κ2) is 7.43. The highest BCUT2D eigenvalue weighted by molar-refractivity contribution is 9.10. The predicted octanol–water partition coefficient (Wildman–Crippen LogP) is 3.45. The molecule has 3 nitrogen and oxygen atoms in total. The second-order valence-electron chi connectivity index (χ2n) is 5.74. The van der Waals surface area contributed by atoms with Crippen LogP contribution in [-0.4, -0.2) is 41.3 Å². The number of halogens is 1. The highest BCUT2D eigenvalue weighted by atomic mass is 79.9. The zero-order chi connectivity index (χ0) is 14.5. The summed E-state index contributed by atoms with van der Waals surface area (Å²) in [5, 5.41) is 10.2. The van der Waals surface area contributed by atoms with E-state index in [-0.39, 0.29) is 0 Å². The van der Waals surface area contributed by atoms with Crippen LogP contribution >= 0.6 is 15.9 Å². The molecule has 1 aromatic rings. The van der Waals surface area contributed by atoms with Gasteiger partial charge in [0.25, 0.3) is 0 Å². The molecule has 0 amide bonds. The Morgan fingerprint density at radius 1 is 1.25 bits per heavy atom. The van der Waals surface area contributed by atoms with E-state index in [0.29, 0.717) is 25.2 Å². The lowest BCUT2D eigenvalue weighted by molar-refractivity contribution is 0.0209. The largest absolute Gasteiger partial charge is 0.491 e. The molecule has 1 saturated heterocycles. The van der Waals surface area contributed by atoms with Crippen molar-refractivity contribution in [3.63, 3.8) is 0 Å². The zero-order valence-electron chi connectivity index (χ0n) is 12.3. The highest BCUT2D eigenvalue weighted by Gasteiger charge is 2.26. The van der Waals surface area contributed by atoms with Crippen molar-refractivity contribution in [2.75, 3.05) is 13.2 Å². The van der Waals surface area contributed by atoms with E-state index >= 15 is 0 Å². The SMILES string of the molecule is C[C@H]1CCC[C@H](C)N1C[C@@H](O)COc1ccc(Br)cc1. The molecule has 0 spiro atoms. The van der Waals surface area contributed by atoms with Crippen LogP contribution in [0.1, 0.15) is 33.1 Å². The number of benzene rings is 1. The Hall–Kier alpha value is -0.580. The summed E-state index contributed by atoms with van der Waals surface area (Å²) in [5.74, 6) is 0.798. The van der Waals surface area contributed by atoms with Crippen molar-refractivity contribution < 1.29 is 9.84 Å². The first kappa shape index (κ1) is 15.8. The van der Waals surface area contributed by atoms with E-state index in [2.05, 4.69) is 34.7 Å². The number of nitrogens with zero attached hydrogens (tertiary/aromatic N) is 1. The molecular formula is C16H24BrNO2. The molecule has 1 aliphatic rings. The van der Waals surface area contributed by atoms with Crippen LogP contribution in [0.4, 0.5) is 0 Å². The van der Waals surface area contributed by atoms with Gasteiger partial charge in [0, 0.05) is 23.1 Å². The van der Waals surface area contributed by atoms with Gasteiger partial charge in [0.15, 0.2) is 0 Å². The van der Waals surface area contributed by atoms with Crippen LogP contribution in [0.3, 0.4) is 0 Å². The van der Waals surface area contributed by atoms with E-state index in [1.807, 2.05) is 24.3 Å². The lowest BCUT2D eigenvalue weighted by Gasteiger charge is -2.40. The van der Waals surface area contributed by atoms with E-state index in [1.165, 1.54) is 19.3 Å². The number of likely N-dealkylation sites (tertiary alicyclic amines) is 1. The van der Waals surface area contributed by atoms with Gasteiger partial charge in [-0.15, -0.1) is 0 Å². The first-order valence-corrected chi connectivity index (χ1v) is 8.17. The minimum atomic E-state index is -0.443. The molecule has 4 heteroatoms. The average molecular weight is 342 g/mol. The Kier molecular flexibility index (Phi) is 5.87. The van der Waals surface area contributed by atoms with Crippen molar-refractivity contribution in [1.82, 2.24) is 4.90 Å². The van der Waals surface area contributed by atoms with Crippen molar-refractivity contribution in [2.45, 2.75) is 51.3 Å². The topological polar surface area (TPSA) is 32.7 Å². The Morgan fingerprint density at radius 2 is 1.85 bits per heavy atom. The molecule has 1 aromatic carbocycles. The molecule has 0 aromatic heterocycles. The Morgan fingerprint density at radius 3 is 2.45 bits per heavy atom. The third-order valence-electron chi connectivity index (χ3n) is 4.05. The maximum absolute atomic E-state index is 10.2. The van der Waals surface area contributed by atoms with Gasteiger partial charge in [-0.3, -0.25) is 4.90 Å². The molecule has 1 heterocycles. The summed E-state index contributed by atoms with van der Waals surface area (Å²) in [6.45, 7) is 5.53. The third kappa shape index (κ3) is 4.47. The lowest BCUT2D eigenvalue weighted by Crippen LogP contribution is -2.48. The van der Waals surface area contributed by atoms with Crippen LogP contribution in [0.2, 0.25) is 0 Å². The molecule has 0 unspecified atom stereocenters. The summed E-state index contributed by atoms with van der Waals surface area (Å²) < 4.78 is 6.67. The van der Waals surface area contributed by atoms with Gasteiger partial charge >= 0.3 is 0 Å². The monoisotopic (exact) mass is 341 g/mol. The van der Waals surface area contributed by atoms with Gasteiger partial charge in [0.05, 0.1) is 0 Å². The molecule has 2 rings (SSSR count). The summed E-state index contributed by atoms with van der Waals surface area (Å²) in [4.78, 5) is 2.40. The maximum Gasteiger partial charge on any atom is 0.119 e. The predicted molar refractivity (Wildman–Crippen MR) is 85.1 cm³/mol. The van der Waals surface area contributed by atoms with E-state index in [1.54, 1.807) is 0 Å². The smallest absolute Gasteiger partial charge is 0.119 e. The van der Waals surface area contributed by atoms with Crippen LogP contribution < -0.4 is 4.74 Å². The normalized spacial score (nSPS) is 25.4. The van der Waals surface area contributed by atoms with Gasteiger partial charge in [-0.1, -0.05) is 22.4 Å². The van der Waals surface area contributed by atoms with Crippen LogP contribution in [0.5, 0.6) is 5.75 Å². The first-order valence-electron chi connectivity index (χ1n) is 7.38. The average Bonchev–Trinajstić information content (AvgIpc) is 2.42. The van der Waals surface area contributed by atoms with Crippen LogP contribution in [0, 0.1) is 0 Å². The van der Waals surface area contributed by atoms with Crippen molar-refractivity contribution in [3.8, 4) is 5.75 Å². The van der Waals surface area contributed by atoms with Gasteiger partial charge in [-0.25, -0.2) is 0 Å². The third-order valence-corrected chi connectivity index (χ3v) is 4.58. The molecule has 1 N–H and O–H groups in total. The molecule has 1 fully saturated rings. The summed E-state index contributed by atoms with van der Waals surface area (Å²) in [6.07, 6.45) is 3.31. The number of piperidine rings is 1. The molecule has 1 aliphatic heterocycles. The number of hydrogen-bond donors (Lipinski definition) is 1. The summed E-state index contributed by atoms with van der Waals surface area (Å²) in [5.41, 5.74) is 0. The number of aliphatic hydroxyl groups excluding tert-OH is 1. The molecule has 3 atom stereocenters. The van der Waals surface area contributed by atoms with Crippen LogP contribution in [-0.2, 0) is 0 Å². The lowest BCUT2D eigenvalue weighted by atomic mass is 9.97. The Bertz CT molecular complexity index is 399. The Balaban J connectivity index is 1.79. The van der Waals surface area contributed by atoms with Crippen molar-refractivity contribution in [1.29, 1.82) is 0 Å². The minimum absolute atomic E-state index is 0.345. The zero-order valence-corrected chi connectivity index (χ0v) is 13.8. The van der Waals surface area contributed by atoms with Crippen molar-refractivity contribution >= 4 is 15.9 Å². The number of aliphatic hydroxyl groups is 1. The molecule has 20 heavy (non-hydrogen) atoms. The fourth-order valence-electron chi connectivity index (χ4n) is 2.85. The quantitative estimate of drug-likeness (QED) is 0.890. The first-order chi connectivity index (χ1) is 9.56. The molecule has 0 bridgehead atoms. The summed E-state index contributed by atoms with van der Waals surface area (Å²) >= 11 is 3.39. The van der Waals surface area contributed by atoms with Crippen LogP contribution in [0.25, 0.3) is 0 Å². The van der Waals surface area contributed by atoms with E-state index in [0.717, 1.165) is 10.2 Å². The summed E-state index contributed by atoms with van der Waals surface area (Å²) in [6, 6.07) is 8.81. The van der Waals surface area contributed by atoms with Crippen molar-refractivity contribution in [3.05, 3.63) is 28.7 Å². The molecular weight excluding hydrogens is 318 g/mol. The number of rotatable bonds is 5. The fraction of sp³-hybridized carbons (Fsp3) is 0.625. The van der Waals surface area contributed by atoms with E-state index < -0.39 is 6.10 Å². The number of hydrogen-bond acceptors (Lipinski definition) is 3. The van der Waals surface area contributed by atoms with E-state index in [9.17, 15) is 5.11 Å². The molecule has 0 saturated carbocycles. The van der Waals surface area contributed by atoms with Gasteiger partial charge in [-0.05, 0) is 51.0 Å². The standard InChI is InChI=1S/C16H24BrNO2/c1-12-4-3-5-13(2)18(12)10-15(19)11-20-16-8-6-14(17)7-9-16/h6-9,12-13,15,19H,3-5,10-11H2,1-2H3/t12-,13-,15+/m0/s1. The van der Waals surface area contributed by atoms with E-state index in [4.69, 9.17) is 4.74 Å². The minimum Gasteiger partial charge on any atom is -0.491 e. The Labute approximate surface area is 130 Å². The van der Waals surface area contributed by atoms with Gasteiger partial charge in [0.2, 0.25) is 0 Å². The fourth-order valence-corrected chi connectivity index (χ4v) is 3.12. The van der Waals surface area contributed by atoms with Gasteiger partial charge in [0.1, 0.15) is 18.5 Å². The molecule has 0 radical (unpaired) electrons. The van der Waals surface area contributed by atoms with Crippen LogP contribution in [0.15, 0.2) is 28.7 Å². The second-order valence-corrected chi connectivity index (χ2v) is 6.66. The molecule has 0 aliphatic carbocycles. The number of ether oxygens (including phenoxy) is 1.